The van der Waals surface area contributed by atoms with E-state index >= 15 is 0 Å². The molecule has 2 amide bonds. The lowest BCUT2D eigenvalue weighted by Crippen LogP contribution is -2.28. The summed E-state index contributed by atoms with van der Waals surface area (Å²) in [6.07, 6.45) is 22.6. The van der Waals surface area contributed by atoms with Gasteiger partial charge in [0.05, 0.1) is 52.3 Å². The summed E-state index contributed by atoms with van der Waals surface area (Å²) >= 11 is 0. The number of nitrogens with zero attached hydrogens (tertiary/aromatic N) is 11. The van der Waals surface area contributed by atoms with Gasteiger partial charge in [-0.25, -0.2) is 23.7 Å². The van der Waals surface area contributed by atoms with Crippen LogP contribution in [0.4, 0.5) is 22.7 Å². The maximum absolute atomic E-state index is 13.4. The molecule has 12 aromatic rings. The van der Waals surface area contributed by atoms with E-state index in [1.165, 1.54) is 49.3 Å². The van der Waals surface area contributed by atoms with Crippen molar-refractivity contribution in [2.45, 2.75) is 129 Å². The molecule has 3 aliphatic rings. The number of aromatic carboxylic acids is 1. The SMILES string of the molecule is C.Cc1cc(C(=O)Nc2cccc(C(O)(CCC3CC3)c3ccncc3)c2)n(-c2cccc(CN)c2)n1.Cc1cc(C(=O)O)n(-c2cccc(C#N)c2)n1.NCCNCCN.Nc1cccc(C(O)(CCC2CC2)c2ccncc2)c1.[C-]#[N+]c1cccc(-n2nc(C)cc2C(=O)Nc2cccc(C(O)(CCC3CC3)c3ccncc3)c2)c1. The zero-order valence-electron chi connectivity index (χ0n) is 65.5. The minimum absolute atomic E-state index is 0. The predicted octanol–water partition coefficient (Wildman–Crippen LogP) is 14.5. The van der Waals surface area contributed by atoms with Crippen molar-refractivity contribution in [1.29, 1.82) is 5.26 Å². The summed E-state index contributed by atoms with van der Waals surface area (Å²) in [6, 6.07) is 61.9. The number of carbonyl (C=O) groups excluding carboxylic acids is 2. The molecule has 25 heteroatoms. The van der Waals surface area contributed by atoms with Crippen LogP contribution >= 0.6 is 0 Å². The highest BCUT2D eigenvalue weighted by atomic mass is 16.4. The first-order valence-corrected chi connectivity index (χ1v) is 39.0. The minimum atomic E-state index is -1.18. The Kier molecular flexibility index (Phi) is 30.4. The van der Waals surface area contributed by atoms with Gasteiger partial charge in [-0.05, 0) is 249 Å². The Morgan fingerprint density at radius 2 is 0.863 bits per heavy atom. The number of carboxylic acids is 1. The average Bonchev–Trinajstić information content (AvgIpc) is 1.11. The molecule has 0 aliphatic heterocycles. The maximum atomic E-state index is 13.4. The number of aromatic nitrogens is 9. The molecule has 3 fully saturated rings. The third kappa shape index (κ3) is 23.5. The third-order valence-corrected chi connectivity index (χ3v) is 20.5. The van der Waals surface area contributed by atoms with Crippen molar-refractivity contribution in [3.63, 3.8) is 0 Å². The van der Waals surface area contributed by atoms with Crippen LogP contribution < -0.4 is 38.9 Å². The quantitative estimate of drug-likeness (QED) is 0.0123. The predicted molar refractivity (Wildman–Crippen MR) is 456 cm³/mol. The molecule has 3 saturated carbocycles. The van der Waals surface area contributed by atoms with Gasteiger partial charge in [-0.15, -0.1) is 0 Å². The zero-order valence-corrected chi connectivity index (χ0v) is 65.5. The number of rotatable bonds is 28. The van der Waals surface area contributed by atoms with Crippen LogP contribution in [-0.4, -0.2) is 109 Å². The molecule has 3 aliphatic carbocycles. The summed E-state index contributed by atoms with van der Waals surface area (Å²) in [7, 11) is 0. The summed E-state index contributed by atoms with van der Waals surface area (Å²) < 4.78 is 4.50. The molecule has 3 atom stereocenters. The summed E-state index contributed by atoms with van der Waals surface area (Å²) in [5.41, 5.74) is 32.2. The van der Waals surface area contributed by atoms with E-state index in [0.29, 0.717) is 107 Å². The van der Waals surface area contributed by atoms with E-state index in [9.17, 15) is 29.7 Å². The Labute approximate surface area is 683 Å². The number of amides is 2. The summed E-state index contributed by atoms with van der Waals surface area (Å²) in [6.45, 7) is 16.2. The van der Waals surface area contributed by atoms with E-state index in [1.807, 2.05) is 159 Å². The van der Waals surface area contributed by atoms with E-state index < -0.39 is 22.8 Å². The zero-order chi connectivity index (χ0) is 82.2. The van der Waals surface area contributed by atoms with Crippen molar-refractivity contribution >= 4 is 40.5 Å². The van der Waals surface area contributed by atoms with Crippen LogP contribution in [0.25, 0.3) is 21.9 Å². The van der Waals surface area contributed by atoms with E-state index in [0.717, 1.165) is 95.0 Å². The largest absolute Gasteiger partial charge is 0.477 e. The number of nitrogens with two attached hydrogens (primary N) is 4. The Balaban J connectivity index is 0.000000166. The number of hydrogen-bond acceptors (Lipinski definition) is 18. The molecule has 6 aromatic heterocycles. The van der Waals surface area contributed by atoms with Crippen molar-refractivity contribution in [3.8, 4) is 23.1 Å². The molecule has 604 valence electrons. The molecule has 15 rings (SSSR count). The second-order valence-electron chi connectivity index (χ2n) is 29.5. The number of hydrogen-bond donors (Lipinski definition) is 11. The smallest absolute Gasteiger partial charge is 0.354 e. The van der Waals surface area contributed by atoms with Crippen LogP contribution in [0.5, 0.6) is 0 Å². The lowest BCUT2D eigenvalue weighted by Gasteiger charge is -2.30. The number of nitrogen functional groups attached to an aromatic ring is 1. The van der Waals surface area contributed by atoms with Crippen LogP contribution in [0.15, 0.2) is 237 Å². The molecule has 3 unspecified atom stereocenters. The number of nitrogens with one attached hydrogen (secondary N) is 3. The lowest BCUT2D eigenvalue weighted by atomic mass is 9.82. The molecule has 0 saturated heterocycles. The van der Waals surface area contributed by atoms with Gasteiger partial charge in [0, 0.05) is 87.0 Å². The molecule has 0 radical (unpaired) electrons. The first kappa shape index (κ1) is 86.7. The molecular formula is C92H104N18O7. The molecule has 0 bridgehead atoms. The molecular weight excluding hydrogens is 1470 g/mol. The van der Waals surface area contributed by atoms with Gasteiger partial charge in [0.15, 0.2) is 11.4 Å². The number of aryl methyl sites for hydroxylation is 3. The van der Waals surface area contributed by atoms with Crippen molar-refractivity contribution in [1.82, 2.24) is 49.6 Å². The van der Waals surface area contributed by atoms with Crippen molar-refractivity contribution in [2.75, 3.05) is 42.5 Å². The van der Waals surface area contributed by atoms with Gasteiger partial charge >= 0.3 is 5.97 Å². The third-order valence-electron chi connectivity index (χ3n) is 20.5. The van der Waals surface area contributed by atoms with Gasteiger partial charge in [0.2, 0.25) is 0 Å². The molecule has 0 spiro atoms. The van der Waals surface area contributed by atoms with Crippen molar-refractivity contribution in [2.24, 2.45) is 35.0 Å². The first-order valence-electron chi connectivity index (χ1n) is 39.0. The Bertz CT molecular complexity index is 5360. The van der Waals surface area contributed by atoms with E-state index in [4.69, 9.17) is 39.9 Å². The number of aliphatic hydroxyl groups is 3. The minimum Gasteiger partial charge on any atom is -0.477 e. The highest BCUT2D eigenvalue weighted by molar-refractivity contribution is 6.04. The normalized spacial score (nSPS) is 14.1. The number of nitriles is 1. The van der Waals surface area contributed by atoms with E-state index in [1.54, 1.807) is 108 Å². The lowest BCUT2D eigenvalue weighted by molar-refractivity contribution is 0.0666. The van der Waals surface area contributed by atoms with Gasteiger partial charge < -0.3 is 59.3 Å². The first-order chi connectivity index (χ1) is 56.1. The Hall–Kier alpha value is -12.7. The highest BCUT2D eigenvalue weighted by Crippen LogP contribution is 2.45. The summed E-state index contributed by atoms with van der Waals surface area (Å²) in [4.78, 5) is 53.5. The number of benzene rings is 6. The van der Waals surface area contributed by atoms with Crippen LogP contribution in [0, 0.1) is 56.4 Å². The number of pyridine rings is 3. The fraction of sp³-hybridized carbons (Fsp3) is 0.293. The Morgan fingerprint density at radius 3 is 1.26 bits per heavy atom. The molecule has 6 heterocycles. The number of anilines is 3. The van der Waals surface area contributed by atoms with Crippen molar-refractivity contribution < 1.29 is 34.8 Å². The van der Waals surface area contributed by atoms with Crippen LogP contribution in [0.2, 0.25) is 0 Å². The molecule has 117 heavy (non-hydrogen) atoms. The summed E-state index contributed by atoms with van der Waals surface area (Å²) in [5.74, 6) is 0.480. The van der Waals surface area contributed by atoms with Crippen molar-refractivity contribution in [3.05, 3.63) is 327 Å². The topological polar surface area (TPSA) is 393 Å². The van der Waals surface area contributed by atoms with Gasteiger partial charge in [-0.2, -0.15) is 20.6 Å². The fourth-order valence-electron chi connectivity index (χ4n) is 13.7. The van der Waals surface area contributed by atoms with Gasteiger partial charge in [0.25, 0.3) is 11.8 Å². The fourth-order valence-corrected chi connectivity index (χ4v) is 13.7. The highest BCUT2D eigenvalue weighted by Gasteiger charge is 2.38. The van der Waals surface area contributed by atoms with E-state index in [2.05, 4.69) is 51.0 Å². The second-order valence-corrected chi connectivity index (χ2v) is 29.5. The maximum Gasteiger partial charge on any atom is 0.354 e. The average molecular weight is 1570 g/mol. The van der Waals surface area contributed by atoms with Gasteiger partial charge in [0.1, 0.15) is 28.2 Å². The monoisotopic (exact) mass is 1570 g/mol. The molecule has 6 aromatic carbocycles. The van der Waals surface area contributed by atoms with Gasteiger partial charge in [-0.3, -0.25) is 24.5 Å². The number of carbonyl (C=O) groups is 3. The molecule has 25 nitrogen and oxygen atoms in total. The standard InChI is InChI=1S/C29H27N5O2.C29H31N5O2.C17H20N2O.C12H9N3O2.C4H13N3.CH4/c1-20-17-27(34(33-20)26-8-4-6-24(19-26)30-2)28(35)32-25-7-3-5-23(18-25)29(36,14-11-21-9-10-21)22-12-15-31-16-13-22;1-20-16-27(34(33-20)26-7-2-4-22(17-26)19-30)28(35)32-25-6-3-5-24(18-25)29(36,13-10-21-8-9-21)23-11-14-31-15-12-23;18-16-3-1-2-15(12-16)17(20,9-6-13-4-5-13)14-7-10-19-11-8-14;1-8-5-11(12(16)17)15(14-8)10-4-2-3-9(6-10)7-13;5-1-3-7-4-2-6;/h3-8,12-13,15-19,21,36H,9-11,14H2,1H3,(H,32,35);2-7,11-12,14-18,21,36H,8-10,13,19,30H2,1H3,(H,32,35);1-3,7-8,10-13,20H,4-6,9,18H2;2-6H,1H3,(H,16,17);7H,1-6H2;1H4. The summed E-state index contributed by atoms with van der Waals surface area (Å²) in [5, 5.41) is 75.0. The van der Waals surface area contributed by atoms with Crippen LogP contribution in [0.3, 0.4) is 0 Å². The van der Waals surface area contributed by atoms with Crippen LogP contribution in [0.1, 0.15) is 178 Å². The molecule has 15 N–H and O–H groups in total. The second kappa shape index (κ2) is 41.0. The Morgan fingerprint density at radius 1 is 0.487 bits per heavy atom. The van der Waals surface area contributed by atoms with E-state index in [-0.39, 0.29) is 24.9 Å². The van der Waals surface area contributed by atoms with Crippen LogP contribution in [-0.2, 0) is 23.3 Å². The van der Waals surface area contributed by atoms with Gasteiger partial charge in [-0.1, -0.05) is 113 Å². The number of carboxylic acid groups (broad SMARTS) is 1.